The Morgan fingerprint density at radius 1 is 1.35 bits per heavy atom. The van der Waals surface area contributed by atoms with Gasteiger partial charge >= 0.3 is 0 Å². The molecule has 4 nitrogen and oxygen atoms in total. The van der Waals surface area contributed by atoms with E-state index < -0.39 is 0 Å². The molecule has 1 aromatic heterocycles. The lowest BCUT2D eigenvalue weighted by atomic mass is 10.0. The molecule has 0 radical (unpaired) electrons. The van der Waals surface area contributed by atoms with Gasteiger partial charge in [0.2, 0.25) is 0 Å². The highest BCUT2D eigenvalue weighted by Gasteiger charge is 2.10. The van der Waals surface area contributed by atoms with Crippen molar-refractivity contribution >= 4 is 11.1 Å². The summed E-state index contributed by atoms with van der Waals surface area (Å²) in [5.41, 5.74) is 3.03. The number of benzene rings is 1. The average Bonchev–Trinajstić information content (AvgIpc) is 2.82. The Labute approximate surface area is 101 Å². The smallest absolute Gasteiger partial charge is 0.181 e. The molecule has 0 aliphatic carbocycles. The van der Waals surface area contributed by atoms with Gasteiger partial charge < -0.3 is 15.1 Å². The van der Waals surface area contributed by atoms with Gasteiger partial charge in [0.15, 0.2) is 12.0 Å². The Morgan fingerprint density at radius 3 is 3.00 bits per heavy atom. The van der Waals surface area contributed by atoms with Crippen LogP contribution in [0.15, 0.2) is 29.0 Å². The van der Waals surface area contributed by atoms with Crippen LogP contribution in [-0.4, -0.2) is 25.6 Å². The molecule has 0 aliphatic rings. The fraction of sp³-hybridized carbons (Fsp3) is 0.462. The highest BCUT2D eigenvalue weighted by atomic mass is 16.3. The molecule has 0 fully saturated rings. The molecular formula is C13H19N3O. The van der Waals surface area contributed by atoms with Crippen molar-refractivity contribution in [3.63, 3.8) is 0 Å². The molecule has 1 aromatic carbocycles. The SMILES string of the molecule is CNCCCC(NC)c1ccc2ncoc2c1. The molecule has 2 N–H and O–H groups in total. The van der Waals surface area contributed by atoms with Gasteiger partial charge in [-0.05, 0) is 51.2 Å². The molecule has 1 heterocycles. The van der Waals surface area contributed by atoms with Crippen molar-refractivity contribution in [1.29, 1.82) is 0 Å². The van der Waals surface area contributed by atoms with Crippen molar-refractivity contribution in [2.75, 3.05) is 20.6 Å². The zero-order chi connectivity index (χ0) is 12.1. The molecule has 0 saturated carbocycles. The second kappa shape index (κ2) is 5.80. The van der Waals surface area contributed by atoms with Crippen LogP contribution < -0.4 is 10.6 Å². The minimum absolute atomic E-state index is 0.373. The molecule has 0 bridgehead atoms. The van der Waals surface area contributed by atoms with Gasteiger partial charge in [-0.2, -0.15) is 0 Å². The fourth-order valence-electron chi connectivity index (χ4n) is 2.05. The van der Waals surface area contributed by atoms with Crippen LogP contribution in [0.2, 0.25) is 0 Å². The Bertz CT molecular complexity index is 466. The maximum atomic E-state index is 5.33. The quantitative estimate of drug-likeness (QED) is 0.750. The number of oxazole rings is 1. The summed E-state index contributed by atoms with van der Waals surface area (Å²) in [4.78, 5) is 4.12. The molecule has 0 amide bonds. The van der Waals surface area contributed by atoms with Crippen LogP contribution in [0.5, 0.6) is 0 Å². The molecule has 0 saturated heterocycles. The number of hydrogen-bond donors (Lipinski definition) is 2. The Morgan fingerprint density at radius 2 is 2.24 bits per heavy atom. The van der Waals surface area contributed by atoms with E-state index in [-0.39, 0.29) is 0 Å². The van der Waals surface area contributed by atoms with Crippen LogP contribution >= 0.6 is 0 Å². The molecule has 2 aromatic rings. The van der Waals surface area contributed by atoms with E-state index in [1.54, 1.807) is 0 Å². The Balaban J connectivity index is 2.11. The topological polar surface area (TPSA) is 50.1 Å². The van der Waals surface area contributed by atoms with Crippen LogP contribution in [0, 0.1) is 0 Å². The fourth-order valence-corrected chi connectivity index (χ4v) is 2.05. The first kappa shape index (κ1) is 12.1. The van der Waals surface area contributed by atoms with E-state index in [0.29, 0.717) is 6.04 Å². The first-order chi connectivity index (χ1) is 8.35. The summed E-state index contributed by atoms with van der Waals surface area (Å²) in [7, 11) is 3.98. The molecular weight excluding hydrogens is 214 g/mol. The lowest BCUT2D eigenvalue weighted by Crippen LogP contribution is -2.18. The van der Waals surface area contributed by atoms with Crippen LogP contribution in [0.3, 0.4) is 0 Å². The third-order valence-electron chi connectivity index (χ3n) is 3.03. The number of hydrogen-bond acceptors (Lipinski definition) is 4. The minimum atomic E-state index is 0.373. The van der Waals surface area contributed by atoms with Gasteiger partial charge in [0.05, 0.1) is 0 Å². The average molecular weight is 233 g/mol. The summed E-state index contributed by atoms with van der Waals surface area (Å²) < 4.78 is 5.33. The largest absolute Gasteiger partial charge is 0.443 e. The van der Waals surface area contributed by atoms with Gasteiger partial charge in [-0.15, -0.1) is 0 Å². The van der Waals surface area contributed by atoms with Gasteiger partial charge in [-0.25, -0.2) is 4.98 Å². The minimum Gasteiger partial charge on any atom is -0.443 e. The van der Waals surface area contributed by atoms with E-state index in [2.05, 4.69) is 27.8 Å². The van der Waals surface area contributed by atoms with E-state index in [1.165, 1.54) is 12.0 Å². The molecule has 1 atom stereocenters. The number of nitrogens with zero attached hydrogens (tertiary/aromatic N) is 1. The van der Waals surface area contributed by atoms with Crippen molar-refractivity contribution in [2.45, 2.75) is 18.9 Å². The van der Waals surface area contributed by atoms with E-state index in [1.807, 2.05) is 20.2 Å². The van der Waals surface area contributed by atoms with Crippen molar-refractivity contribution < 1.29 is 4.42 Å². The second-order valence-corrected chi connectivity index (χ2v) is 4.17. The zero-order valence-electron chi connectivity index (χ0n) is 10.4. The Hall–Kier alpha value is -1.39. The molecule has 2 rings (SSSR count). The third kappa shape index (κ3) is 2.84. The second-order valence-electron chi connectivity index (χ2n) is 4.17. The summed E-state index contributed by atoms with van der Waals surface area (Å²) in [6, 6.07) is 6.57. The van der Waals surface area contributed by atoms with Crippen LogP contribution in [0.25, 0.3) is 11.1 Å². The first-order valence-corrected chi connectivity index (χ1v) is 6.00. The van der Waals surface area contributed by atoms with Crippen LogP contribution in [0.1, 0.15) is 24.4 Å². The highest BCUT2D eigenvalue weighted by Crippen LogP contribution is 2.22. The zero-order valence-corrected chi connectivity index (χ0v) is 10.4. The lowest BCUT2D eigenvalue weighted by molar-refractivity contribution is 0.517. The summed E-state index contributed by atoms with van der Waals surface area (Å²) in [6.45, 7) is 1.04. The molecule has 1 unspecified atom stereocenters. The monoisotopic (exact) mass is 233 g/mol. The van der Waals surface area contributed by atoms with Gasteiger partial charge in [0.1, 0.15) is 5.52 Å². The van der Waals surface area contributed by atoms with Crippen LogP contribution in [-0.2, 0) is 0 Å². The number of aromatic nitrogens is 1. The van der Waals surface area contributed by atoms with Crippen molar-refractivity contribution in [3.8, 4) is 0 Å². The lowest BCUT2D eigenvalue weighted by Gasteiger charge is -2.16. The normalized spacial score (nSPS) is 13.1. The van der Waals surface area contributed by atoms with Crippen molar-refractivity contribution in [3.05, 3.63) is 30.2 Å². The maximum Gasteiger partial charge on any atom is 0.181 e. The Kier molecular flexibility index (Phi) is 4.12. The maximum absolute atomic E-state index is 5.33. The first-order valence-electron chi connectivity index (χ1n) is 6.00. The molecule has 17 heavy (non-hydrogen) atoms. The standard InChI is InChI=1S/C13H19N3O/c1-14-7-3-4-11(15-2)10-5-6-12-13(8-10)17-9-16-12/h5-6,8-9,11,14-15H,3-4,7H2,1-2H3. The number of fused-ring (bicyclic) bond motifs is 1. The van der Waals surface area contributed by atoms with Gasteiger partial charge in [-0.1, -0.05) is 6.07 Å². The van der Waals surface area contributed by atoms with Gasteiger partial charge in [-0.3, -0.25) is 0 Å². The summed E-state index contributed by atoms with van der Waals surface area (Å²) in [5.74, 6) is 0. The van der Waals surface area contributed by atoms with E-state index in [0.717, 1.165) is 30.5 Å². The molecule has 0 aliphatic heterocycles. The van der Waals surface area contributed by atoms with E-state index in [9.17, 15) is 0 Å². The predicted molar refractivity (Wildman–Crippen MR) is 69.0 cm³/mol. The van der Waals surface area contributed by atoms with Gasteiger partial charge in [0.25, 0.3) is 0 Å². The van der Waals surface area contributed by atoms with Gasteiger partial charge in [0, 0.05) is 6.04 Å². The summed E-state index contributed by atoms with van der Waals surface area (Å²) in [5, 5.41) is 6.51. The van der Waals surface area contributed by atoms with E-state index in [4.69, 9.17) is 4.42 Å². The number of rotatable bonds is 6. The number of nitrogens with one attached hydrogen (secondary N) is 2. The molecule has 92 valence electrons. The molecule has 0 spiro atoms. The van der Waals surface area contributed by atoms with Crippen LogP contribution in [0.4, 0.5) is 0 Å². The summed E-state index contributed by atoms with van der Waals surface area (Å²) in [6.07, 6.45) is 3.75. The highest BCUT2D eigenvalue weighted by molar-refractivity contribution is 5.72. The predicted octanol–water partition coefficient (Wildman–Crippen LogP) is 2.09. The molecule has 4 heteroatoms. The van der Waals surface area contributed by atoms with E-state index >= 15 is 0 Å². The third-order valence-corrected chi connectivity index (χ3v) is 3.03. The summed E-state index contributed by atoms with van der Waals surface area (Å²) >= 11 is 0. The van der Waals surface area contributed by atoms with Crippen molar-refractivity contribution in [1.82, 2.24) is 15.6 Å². The van der Waals surface area contributed by atoms with Crippen molar-refractivity contribution in [2.24, 2.45) is 0 Å².